The van der Waals surface area contributed by atoms with Gasteiger partial charge in [0.05, 0.1) is 32.0 Å². The largest absolute Gasteiger partial charge is 0.488 e. The summed E-state index contributed by atoms with van der Waals surface area (Å²) in [6.45, 7) is 3.36. The number of hydrogen-bond donors (Lipinski definition) is 2. The van der Waals surface area contributed by atoms with Gasteiger partial charge in [0.25, 0.3) is 10.0 Å². The van der Waals surface area contributed by atoms with Crippen LogP contribution < -0.4 is 10.1 Å². The Morgan fingerprint density at radius 1 is 1.33 bits per heavy atom. The molecule has 2 aromatic rings. The van der Waals surface area contributed by atoms with Gasteiger partial charge in [-0.1, -0.05) is 13.0 Å². The van der Waals surface area contributed by atoms with Gasteiger partial charge in [-0.25, -0.2) is 8.42 Å². The number of carbonyl (C=O) groups excluding carboxylic acids is 2. The third-order valence-electron chi connectivity index (χ3n) is 6.43. The Morgan fingerprint density at radius 3 is 2.67 bits per heavy atom. The molecule has 14 heteroatoms. The third kappa shape index (κ3) is 8.16. The lowest BCUT2D eigenvalue weighted by molar-refractivity contribution is -0.142. The predicted molar refractivity (Wildman–Crippen MR) is 140 cm³/mol. The topological polar surface area (TPSA) is 116 Å². The number of aliphatic hydroxyl groups is 1. The molecule has 3 rings (SSSR count). The van der Waals surface area contributed by atoms with E-state index in [1.54, 1.807) is 18.4 Å². The molecule has 0 radical (unpaired) electrons. The molecule has 0 spiro atoms. The molecule has 0 aliphatic carbocycles. The lowest BCUT2D eigenvalue weighted by Crippen LogP contribution is -2.48. The van der Waals surface area contributed by atoms with Gasteiger partial charge in [-0.3, -0.25) is 9.59 Å². The molecule has 1 aliphatic rings. The van der Waals surface area contributed by atoms with Gasteiger partial charge in [0.1, 0.15) is 16.1 Å². The Morgan fingerprint density at radius 2 is 2.05 bits per heavy atom. The zero-order chi connectivity index (χ0) is 29.0. The van der Waals surface area contributed by atoms with Gasteiger partial charge >= 0.3 is 6.18 Å². The van der Waals surface area contributed by atoms with Crippen LogP contribution in [0.3, 0.4) is 0 Å². The van der Waals surface area contributed by atoms with Crippen LogP contribution in [0.15, 0.2) is 39.9 Å². The molecule has 9 nitrogen and oxygen atoms in total. The molecule has 1 aliphatic heterocycles. The Balaban J connectivity index is 1.91. The number of anilines is 1. The minimum Gasteiger partial charge on any atom is -0.488 e. The summed E-state index contributed by atoms with van der Waals surface area (Å²) >= 11 is 1.09. The van der Waals surface area contributed by atoms with Crippen LogP contribution in [0, 0.1) is 5.92 Å². The van der Waals surface area contributed by atoms with Gasteiger partial charge in [-0.15, -0.1) is 11.3 Å². The summed E-state index contributed by atoms with van der Waals surface area (Å²) in [6, 6.07) is 7.03. The van der Waals surface area contributed by atoms with Crippen molar-refractivity contribution < 1.29 is 41.0 Å². The number of halogens is 3. The van der Waals surface area contributed by atoms with E-state index in [-0.39, 0.29) is 53.6 Å². The van der Waals surface area contributed by atoms with E-state index >= 15 is 0 Å². The zero-order valence-electron chi connectivity index (χ0n) is 21.8. The number of thiophene rings is 1. The van der Waals surface area contributed by atoms with Crippen molar-refractivity contribution in [2.75, 3.05) is 32.1 Å². The van der Waals surface area contributed by atoms with Crippen LogP contribution in [-0.2, 0) is 26.0 Å². The molecule has 1 aromatic carbocycles. The second kappa shape index (κ2) is 12.7. The number of sulfonamides is 1. The lowest BCUT2D eigenvalue weighted by Gasteiger charge is -2.33. The summed E-state index contributed by atoms with van der Waals surface area (Å²) < 4.78 is 71.2. The van der Waals surface area contributed by atoms with Crippen molar-refractivity contribution in [2.45, 2.75) is 55.6 Å². The van der Waals surface area contributed by atoms with Crippen LogP contribution in [0.4, 0.5) is 18.9 Å². The highest BCUT2D eigenvalue weighted by atomic mass is 32.2. The highest BCUT2D eigenvalue weighted by Gasteiger charge is 2.34. The monoisotopic (exact) mass is 591 g/mol. The van der Waals surface area contributed by atoms with Crippen molar-refractivity contribution in [3.63, 3.8) is 0 Å². The number of alkyl halides is 3. The minimum atomic E-state index is -4.47. The number of benzene rings is 1. The van der Waals surface area contributed by atoms with Crippen molar-refractivity contribution in [1.29, 1.82) is 0 Å². The first-order chi connectivity index (χ1) is 18.2. The van der Waals surface area contributed by atoms with E-state index < -0.39 is 47.1 Å². The van der Waals surface area contributed by atoms with Crippen molar-refractivity contribution in [3.8, 4) is 5.75 Å². The first-order valence-electron chi connectivity index (χ1n) is 12.3. The second-order valence-electron chi connectivity index (χ2n) is 9.59. The third-order valence-corrected chi connectivity index (χ3v) is 9.63. The average Bonchev–Trinajstić information content (AvgIpc) is 3.42. The number of hydrogen-bond acceptors (Lipinski definition) is 7. The first-order valence-corrected chi connectivity index (χ1v) is 14.6. The first kappa shape index (κ1) is 30.9. The zero-order valence-corrected chi connectivity index (χ0v) is 23.4. The van der Waals surface area contributed by atoms with E-state index in [4.69, 9.17) is 4.74 Å². The van der Waals surface area contributed by atoms with E-state index in [1.807, 2.05) is 6.92 Å². The van der Waals surface area contributed by atoms with Crippen LogP contribution in [0.1, 0.15) is 32.3 Å². The Hall–Kier alpha value is -2.68. The van der Waals surface area contributed by atoms with Gasteiger partial charge < -0.3 is 20.1 Å². The lowest BCUT2D eigenvalue weighted by atomic mass is 10.0. The summed E-state index contributed by atoms with van der Waals surface area (Å²) in [5.74, 6) is -1.22. The van der Waals surface area contributed by atoms with Gasteiger partial charge in [0.15, 0.2) is 0 Å². The number of nitrogens with zero attached hydrogens (tertiary/aromatic N) is 2. The van der Waals surface area contributed by atoms with Crippen molar-refractivity contribution in [2.24, 2.45) is 5.92 Å². The van der Waals surface area contributed by atoms with Crippen molar-refractivity contribution in [1.82, 2.24) is 9.21 Å². The molecule has 39 heavy (non-hydrogen) atoms. The number of nitrogens with one attached hydrogen (secondary N) is 1. The molecule has 1 aromatic heterocycles. The molecule has 2 amide bonds. The molecule has 216 valence electrons. The highest BCUT2D eigenvalue weighted by molar-refractivity contribution is 7.91. The molecule has 0 bridgehead atoms. The van der Waals surface area contributed by atoms with Gasteiger partial charge in [-0.2, -0.15) is 17.5 Å². The molecule has 0 fully saturated rings. The fourth-order valence-corrected chi connectivity index (χ4v) is 6.50. The normalized spacial score (nSPS) is 19.5. The summed E-state index contributed by atoms with van der Waals surface area (Å²) in [6.07, 6.45) is -7.34. The SMILES string of the molecule is C[C@H]1CN([C@@H](C)CO)C(=O)Cc2cc(NC(=O)CCC(F)(F)F)ccc2O[C@@H]1CN(C)S(=O)(=O)c1cccs1. The summed E-state index contributed by atoms with van der Waals surface area (Å²) in [5.41, 5.74) is 0.562. The summed E-state index contributed by atoms with van der Waals surface area (Å²) in [4.78, 5) is 26.8. The number of fused-ring (bicyclic) bond motifs is 1. The Kier molecular flexibility index (Phi) is 10.0. The molecule has 0 unspecified atom stereocenters. The van der Waals surface area contributed by atoms with Crippen LogP contribution in [0.25, 0.3) is 0 Å². The maximum absolute atomic E-state index is 13.3. The van der Waals surface area contributed by atoms with E-state index in [0.29, 0.717) is 5.56 Å². The van der Waals surface area contributed by atoms with Crippen molar-refractivity contribution >= 4 is 38.9 Å². The molecule has 3 atom stereocenters. The molecular weight excluding hydrogens is 559 g/mol. The number of rotatable bonds is 9. The quantitative estimate of drug-likeness (QED) is 0.461. The maximum atomic E-state index is 13.3. The maximum Gasteiger partial charge on any atom is 0.389 e. The fourth-order valence-electron chi connectivity index (χ4n) is 4.12. The molecule has 2 heterocycles. The van der Waals surface area contributed by atoms with E-state index in [9.17, 15) is 36.3 Å². The Labute approximate surface area is 229 Å². The highest BCUT2D eigenvalue weighted by Crippen LogP contribution is 2.30. The number of aliphatic hydroxyl groups excluding tert-OH is 1. The standard InChI is InChI=1S/C25H32F3N3O6S2/c1-16-13-31(17(2)15-32)23(34)12-18-11-19(29-22(33)8-9-25(26,27)28)6-7-20(18)37-21(16)14-30(3)39(35,36)24-5-4-10-38-24/h4-7,10-11,16-17,21,32H,8-9,12-15H2,1-3H3,(H,29,33)/t16-,17-,21+/m0/s1. The molecular formula is C25H32F3N3O6S2. The Bertz CT molecular complexity index is 1250. The number of carbonyl (C=O) groups is 2. The smallest absolute Gasteiger partial charge is 0.389 e. The van der Waals surface area contributed by atoms with Crippen LogP contribution in [0.5, 0.6) is 5.75 Å². The van der Waals surface area contributed by atoms with Crippen LogP contribution in [0.2, 0.25) is 0 Å². The fraction of sp³-hybridized carbons (Fsp3) is 0.520. The van der Waals surface area contributed by atoms with Crippen LogP contribution in [-0.4, -0.2) is 79.6 Å². The summed E-state index contributed by atoms with van der Waals surface area (Å²) in [7, 11) is -2.34. The number of ether oxygens (including phenoxy) is 1. The molecule has 0 saturated carbocycles. The van der Waals surface area contributed by atoms with Gasteiger partial charge in [0.2, 0.25) is 11.8 Å². The molecule has 0 saturated heterocycles. The number of amides is 2. The van der Waals surface area contributed by atoms with E-state index in [1.165, 1.54) is 40.5 Å². The summed E-state index contributed by atoms with van der Waals surface area (Å²) in [5, 5.41) is 13.8. The minimum absolute atomic E-state index is 0.0354. The van der Waals surface area contributed by atoms with Crippen LogP contribution >= 0.6 is 11.3 Å². The van der Waals surface area contributed by atoms with E-state index in [0.717, 1.165) is 11.3 Å². The molecule has 2 N–H and O–H groups in total. The second-order valence-corrected chi connectivity index (χ2v) is 12.8. The van der Waals surface area contributed by atoms with Gasteiger partial charge in [-0.05, 0) is 36.6 Å². The predicted octanol–water partition coefficient (Wildman–Crippen LogP) is 3.50. The average molecular weight is 592 g/mol. The van der Waals surface area contributed by atoms with Gasteiger partial charge in [0, 0.05) is 37.2 Å². The van der Waals surface area contributed by atoms with Crippen molar-refractivity contribution in [3.05, 3.63) is 41.3 Å². The van der Waals surface area contributed by atoms with E-state index in [2.05, 4.69) is 5.32 Å². The number of likely N-dealkylation sites (N-methyl/N-ethyl adjacent to an activating group) is 1.